The summed E-state index contributed by atoms with van der Waals surface area (Å²) in [5.74, 6) is 0. The highest BCUT2D eigenvalue weighted by Gasteiger charge is 2.25. The number of hydrogen-bond acceptors (Lipinski definition) is 0. The molecule has 1 rings (SSSR count). The molecule has 0 saturated heterocycles. The van der Waals surface area contributed by atoms with Crippen molar-refractivity contribution in [3.63, 3.8) is 0 Å². The van der Waals surface area contributed by atoms with Gasteiger partial charge in [-0.05, 0) is 30.9 Å². The lowest BCUT2D eigenvalue weighted by Crippen LogP contribution is -2.07. The Bertz CT molecular complexity index is 289. The molecule has 0 aliphatic carbocycles. The van der Waals surface area contributed by atoms with Gasteiger partial charge in [-0.15, -0.1) is 0 Å². The largest absolute Gasteiger partial charge is 0.389 e. The zero-order chi connectivity index (χ0) is 10.6. The van der Waals surface area contributed by atoms with Gasteiger partial charge in [0.1, 0.15) is 0 Å². The van der Waals surface area contributed by atoms with Crippen molar-refractivity contribution in [2.24, 2.45) is 0 Å². The maximum Gasteiger partial charge on any atom is 0.389 e. The first kappa shape index (κ1) is 11.1. The molecule has 0 unspecified atom stereocenters. The van der Waals surface area contributed by atoms with E-state index in [1.807, 2.05) is 31.2 Å². The van der Waals surface area contributed by atoms with Crippen molar-refractivity contribution in [1.29, 1.82) is 0 Å². The van der Waals surface area contributed by atoms with Crippen LogP contribution >= 0.6 is 0 Å². The Kier molecular flexibility index (Phi) is 3.55. The van der Waals surface area contributed by atoms with Crippen LogP contribution in [-0.4, -0.2) is 6.18 Å². The molecule has 0 aliphatic heterocycles. The minimum Gasteiger partial charge on any atom is -0.171 e. The lowest BCUT2D eigenvalue weighted by molar-refractivity contribution is -0.135. The molecule has 0 spiro atoms. The number of hydrogen-bond donors (Lipinski definition) is 0. The summed E-state index contributed by atoms with van der Waals surface area (Å²) < 4.78 is 35.6. The predicted molar refractivity (Wildman–Crippen MR) is 50.2 cm³/mol. The van der Waals surface area contributed by atoms with E-state index in [1.54, 1.807) is 0 Å². The summed E-state index contributed by atoms with van der Waals surface area (Å²) in [6.45, 7) is 1.92. The van der Waals surface area contributed by atoms with Gasteiger partial charge in [0, 0.05) is 6.42 Å². The fourth-order valence-electron chi connectivity index (χ4n) is 1.37. The minimum atomic E-state index is -4.03. The molecule has 0 fully saturated rings. The molecule has 0 N–H and O–H groups in total. The monoisotopic (exact) mass is 202 g/mol. The minimum absolute atomic E-state index is 0.175. The average Bonchev–Trinajstić information content (AvgIpc) is 2.06. The van der Waals surface area contributed by atoms with E-state index in [2.05, 4.69) is 0 Å². The Morgan fingerprint density at radius 1 is 1.14 bits per heavy atom. The molecule has 0 radical (unpaired) electrons. The lowest BCUT2D eigenvalue weighted by Gasteiger charge is -2.07. The fraction of sp³-hybridized carbons (Fsp3) is 0.455. The molecule has 3 heteroatoms. The number of benzene rings is 1. The van der Waals surface area contributed by atoms with Gasteiger partial charge in [-0.2, -0.15) is 13.2 Å². The molecule has 78 valence electrons. The van der Waals surface area contributed by atoms with Crippen molar-refractivity contribution < 1.29 is 13.2 Å². The Hall–Kier alpha value is -0.990. The third-order valence-electron chi connectivity index (χ3n) is 2.17. The molecule has 0 bridgehead atoms. The van der Waals surface area contributed by atoms with Crippen molar-refractivity contribution >= 4 is 0 Å². The number of rotatable bonds is 3. The SMILES string of the molecule is Cc1ccccc1CCCC(F)(F)F. The summed E-state index contributed by atoms with van der Waals surface area (Å²) in [5.41, 5.74) is 2.08. The smallest absolute Gasteiger partial charge is 0.171 e. The molecular formula is C11H13F3. The van der Waals surface area contributed by atoms with Crippen molar-refractivity contribution in [1.82, 2.24) is 0 Å². The number of halogens is 3. The van der Waals surface area contributed by atoms with E-state index in [-0.39, 0.29) is 6.42 Å². The van der Waals surface area contributed by atoms with Crippen LogP contribution in [0.2, 0.25) is 0 Å². The first-order valence-electron chi connectivity index (χ1n) is 4.60. The average molecular weight is 202 g/mol. The zero-order valence-electron chi connectivity index (χ0n) is 8.06. The second-order valence-electron chi connectivity index (χ2n) is 3.40. The summed E-state index contributed by atoms with van der Waals surface area (Å²) in [4.78, 5) is 0. The third kappa shape index (κ3) is 3.81. The van der Waals surface area contributed by atoms with Crippen molar-refractivity contribution in [3.05, 3.63) is 35.4 Å². The van der Waals surface area contributed by atoms with Gasteiger partial charge >= 0.3 is 6.18 Å². The number of alkyl halides is 3. The van der Waals surface area contributed by atoms with E-state index >= 15 is 0 Å². The topological polar surface area (TPSA) is 0 Å². The van der Waals surface area contributed by atoms with Crippen LogP contribution in [0.15, 0.2) is 24.3 Å². The van der Waals surface area contributed by atoms with E-state index in [4.69, 9.17) is 0 Å². The first-order chi connectivity index (χ1) is 6.49. The van der Waals surface area contributed by atoms with Gasteiger partial charge in [-0.25, -0.2) is 0 Å². The normalized spacial score (nSPS) is 11.7. The van der Waals surface area contributed by atoms with Gasteiger partial charge in [0.15, 0.2) is 0 Å². The molecular weight excluding hydrogens is 189 g/mol. The van der Waals surface area contributed by atoms with Crippen LogP contribution in [0.1, 0.15) is 24.0 Å². The van der Waals surface area contributed by atoms with Gasteiger partial charge < -0.3 is 0 Å². The zero-order valence-corrected chi connectivity index (χ0v) is 8.06. The van der Waals surface area contributed by atoms with Gasteiger partial charge in [-0.1, -0.05) is 24.3 Å². The molecule has 0 nitrogen and oxygen atoms in total. The Morgan fingerprint density at radius 2 is 1.79 bits per heavy atom. The predicted octanol–water partition coefficient (Wildman–Crippen LogP) is 3.88. The van der Waals surface area contributed by atoms with Crippen LogP contribution in [0.25, 0.3) is 0 Å². The van der Waals surface area contributed by atoms with Gasteiger partial charge in [0.25, 0.3) is 0 Å². The van der Waals surface area contributed by atoms with E-state index < -0.39 is 12.6 Å². The van der Waals surface area contributed by atoms with E-state index in [1.165, 1.54) is 0 Å². The highest BCUT2D eigenvalue weighted by atomic mass is 19.4. The Morgan fingerprint density at radius 3 is 2.36 bits per heavy atom. The van der Waals surface area contributed by atoms with Crippen LogP contribution in [0, 0.1) is 6.92 Å². The summed E-state index contributed by atoms with van der Waals surface area (Å²) in [5, 5.41) is 0. The molecule has 0 aromatic heterocycles. The molecule has 1 aromatic rings. The lowest BCUT2D eigenvalue weighted by atomic mass is 10.0. The van der Waals surface area contributed by atoms with Crippen molar-refractivity contribution in [3.8, 4) is 0 Å². The maximum absolute atomic E-state index is 11.9. The van der Waals surface area contributed by atoms with E-state index in [9.17, 15) is 13.2 Å². The van der Waals surface area contributed by atoms with Gasteiger partial charge in [0.05, 0.1) is 0 Å². The fourth-order valence-corrected chi connectivity index (χ4v) is 1.37. The van der Waals surface area contributed by atoms with Crippen molar-refractivity contribution in [2.75, 3.05) is 0 Å². The van der Waals surface area contributed by atoms with Gasteiger partial charge in [-0.3, -0.25) is 0 Å². The first-order valence-corrected chi connectivity index (χ1v) is 4.60. The summed E-state index contributed by atoms with van der Waals surface area (Å²) in [6, 6.07) is 7.55. The Labute approximate surface area is 81.8 Å². The second-order valence-corrected chi connectivity index (χ2v) is 3.40. The molecule has 0 heterocycles. The second kappa shape index (κ2) is 4.49. The van der Waals surface area contributed by atoms with E-state index in [0.29, 0.717) is 6.42 Å². The van der Waals surface area contributed by atoms with Crippen LogP contribution < -0.4 is 0 Å². The van der Waals surface area contributed by atoms with Crippen molar-refractivity contribution in [2.45, 2.75) is 32.4 Å². The molecule has 1 aromatic carbocycles. The molecule has 0 aliphatic rings. The highest BCUT2D eigenvalue weighted by molar-refractivity contribution is 5.25. The highest BCUT2D eigenvalue weighted by Crippen LogP contribution is 2.23. The van der Waals surface area contributed by atoms with Gasteiger partial charge in [0.2, 0.25) is 0 Å². The van der Waals surface area contributed by atoms with Crippen LogP contribution in [0.4, 0.5) is 13.2 Å². The Balaban J connectivity index is 2.43. The summed E-state index contributed by atoms with van der Waals surface area (Å²) >= 11 is 0. The molecule has 14 heavy (non-hydrogen) atoms. The standard InChI is InChI=1S/C11H13F3/c1-9-5-2-3-6-10(9)7-4-8-11(12,13)14/h2-3,5-6H,4,7-8H2,1H3. The molecule has 0 amide bonds. The third-order valence-corrected chi connectivity index (χ3v) is 2.17. The van der Waals surface area contributed by atoms with E-state index in [0.717, 1.165) is 11.1 Å². The summed E-state index contributed by atoms with van der Waals surface area (Å²) in [6.07, 6.45) is -4.04. The molecule has 0 atom stereocenters. The van der Waals surface area contributed by atoms with Crippen LogP contribution in [-0.2, 0) is 6.42 Å². The van der Waals surface area contributed by atoms with Crippen LogP contribution in [0.3, 0.4) is 0 Å². The van der Waals surface area contributed by atoms with Crippen LogP contribution in [0.5, 0.6) is 0 Å². The quantitative estimate of drug-likeness (QED) is 0.697. The molecule has 0 saturated carbocycles. The summed E-state index contributed by atoms with van der Waals surface area (Å²) in [7, 11) is 0. The number of aryl methyl sites for hydroxylation is 2. The maximum atomic E-state index is 11.9.